The van der Waals surface area contributed by atoms with Crippen molar-refractivity contribution >= 4 is 39.2 Å². The van der Waals surface area contributed by atoms with E-state index in [0.717, 1.165) is 25.8 Å². The number of nitrogens with one attached hydrogen (secondary N) is 1. The number of aromatic nitrogens is 2. The molecule has 0 aliphatic carbocycles. The van der Waals surface area contributed by atoms with E-state index in [9.17, 15) is 14.7 Å². The first-order valence-corrected chi connectivity index (χ1v) is 9.81. The monoisotopic (exact) mass is 389 g/mol. The Morgan fingerprint density at radius 1 is 1.38 bits per heavy atom. The number of aromatic hydroxyl groups is 1. The average Bonchev–Trinajstić information content (AvgIpc) is 3.03. The molecule has 1 aromatic carbocycles. The molecule has 0 saturated heterocycles. The van der Waals surface area contributed by atoms with Crippen molar-refractivity contribution in [1.29, 1.82) is 0 Å². The van der Waals surface area contributed by atoms with E-state index in [1.165, 1.54) is 17.8 Å². The van der Waals surface area contributed by atoms with Gasteiger partial charge >= 0.3 is 0 Å². The summed E-state index contributed by atoms with van der Waals surface area (Å²) in [5.41, 5.74) is 2.76. The van der Waals surface area contributed by atoms with Crippen molar-refractivity contribution in [2.45, 2.75) is 24.7 Å². The van der Waals surface area contributed by atoms with Crippen LogP contribution in [0.4, 0.5) is 0 Å². The van der Waals surface area contributed by atoms with E-state index in [2.05, 4.69) is 10.3 Å². The zero-order chi connectivity index (χ0) is 18.8. The highest BCUT2D eigenvalue weighted by atomic mass is 32.2. The van der Waals surface area contributed by atoms with E-state index in [-0.39, 0.29) is 24.0 Å². The second kappa shape index (κ2) is 7.51. The number of pyridine rings is 1. The smallest absolute Gasteiger partial charge is 0.230 e. The van der Waals surface area contributed by atoms with Gasteiger partial charge in [0.2, 0.25) is 11.3 Å². The maximum absolute atomic E-state index is 12.1. The van der Waals surface area contributed by atoms with Crippen molar-refractivity contribution in [3.8, 4) is 5.75 Å². The summed E-state index contributed by atoms with van der Waals surface area (Å²) >= 11 is 2.94. The van der Waals surface area contributed by atoms with Crippen LogP contribution in [0.1, 0.15) is 17.0 Å². The summed E-state index contributed by atoms with van der Waals surface area (Å²) in [6.45, 7) is 3.89. The average molecular weight is 390 g/mol. The number of hydrogen-bond acceptors (Lipinski definition) is 6. The second-order valence-corrected chi connectivity index (χ2v) is 8.22. The van der Waals surface area contributed by atoms with Crippen molar-refractivity contribution in [2.75, 3.05) is 5.75 Å². The highest BCUT2D eigenvalue weighted by Gasteiger charge is 2.13. The van der Waals surface area contributed by atoms with E-state index in [4.69, 9.17) is 0 Å². The Kier molecular flexibility index (Phi) is 5.33. The first kappa shape index (κ1) is 18.5. The zero-order valence-electron chi connectivity index (χ0n) is 14.7. The van der Waals surface area contributed by atoms with Crippen molar-refractivity contribution in [2.24, 2.45) is 7.05 Å². The summed E-state index contributed by atoms with van der Waals surface area (Å²) < 4.78 is 3.64. The molecule has 2 aromatic heterocycles. The largest absolute Gasteiger partial charge is 0.503 e. The van der Waals surface area contributed by atoms with Gasteiger partial charge in [-0.2, -0.15) is 0 Å². The quantitative estimate of drug-likeness (QED) is 0.656. The number of carbonyl (C=O) groups excluding carboxylic acids is 1. The van der Waals surface area contributed by atoms with Crippen LogP contribution in [0, 0.1) is 13.8 Å². The number of rotatable bonds is 5. The minimum absolute atomic E-state index is 0.0948. The van der Waals surface area contributed by atoms with Gasteiger partial charge in [-0.05, 0) is 25.5 Å². The molecule has 6 nitrogen and oxygen atoms in total. The summed E-state index contributed by atoms with van der Waals surface area (Å²) in [4.78, 5) is 28.4. The van der Waals surface area contributed by atoms with Crippen molar-refractivity contribution in [3.05, 3.63) is 51.4 Å². The molecule has 0 saturated carbocycles. The van der Waals surface area contributed by atoms with Gasteiger partial charge in [0.05, 0.1) is 28.2 Å². The first-order chi connectivity index (χ1) is 12.4. The Morgan fingerprint density at radius 3 is 2.88 bits per heavy atom. The number of hydrogen-bond donors (Lipinski definition) is 2. The third kappa shape index (κ3) is 3.76. The molecule has 0 bridgehead atoms. The molecular formula is C18H19N3O3S2. The third-order valence-corrected chi connectivity index (χ3v) is 6.33. The second-order valence-electron chi connectivity index (χ2n) is 5.97. The zero-order valence-corrected chi connectivity index (χ0v) is 16.3. The number of aryl methyl sites for hydroxylation is 2. The van der Waals surface area contributed by atoms with E-state index in [1.54, 1.807) is 29.9 Å². The molecule has 0 atom stereocenters. The summed E-state index contributed by atoms with van der Waals surface area (Å²) in [5.74, 6) is -0.286. The first-order valence-electron chi connectivity index (χ1n) is 8.01. The minimum Gasteiger partial charge on any atom is -0.503 e. The van der Waals surface area contributed by atoms with Crippen molar-refractivity contribution in [1.82, 2.24) is 14.9 Å². The lowest BCUT2D eigenvalue weighted by Gasteiger charge is -2.14. The number of nitrogens with zero attached hydrogens (tertiary/aromatic N) is 2. The van der Waals surface area contributed by atoms with Gasteiger partial charge in [-0.25, -0.2) is 4.98 Å². The van der Waals surface area contributed by atoms with Gasteiger partial charge in [-0.1, -0.05) is 23.9 Å². The normalized spacial score (nSPS) is 11.0. The fourth-order valence-electron chi connectivity index (χ4n) is 2.56. The number of benzene rings is 1. The predicted molar refractivity (Wildman–Crippen MR) is 105 cm³/mol. The van der Waals surface area contributed by atoms with Crippen LogP contribution >= 0.6 is 23.1 Å². The molecule has 1 amide bonds. The van der Waals surface area contributed by atoms with Crippen molar-refractivity contribution in [3.63, 3.8) is 0 Å². The molecule has 0 fully saturated rings. The highest BCUT2D eigenvalue weighted by molar-refractivity contribution is 8.01. The van der Waals surface area contributed by atoms with Gasteiger partial charge in [-0.3, -0.25) is 9.59 Å². The number of para-hydroxylation sites is 1. The van der Waals surface area contributed by atoms with Crippen LogP contribution in [0.2, 0.25) is 0 Å². The van der Waals surface area contributed by atoms with E-state index in [0.29, 0.717) is 5.69 Å². The predicted octanol–water partition coefficient (Wildman–Crippen LogP) is 2.73. The molecule has 0 aliphatic heterocycles. The summed E-state index contributed by atoms with van der Waals surface area (Å²) in [6, 6.07) is 7.40. The van der Waals surface area contributed by atoms with Crippen LogP contribution in [0.15, 0.2) is 33.4 Å². The maximum Gasteiger partial charge on any atom is 0.230 e. The highest BCUT2D eigenvalue weighted by Crippen LogP contribution is 2.30. The van der Waals surface area contributed by atoms with Crippen LogP contribution < -0.4 is 10.7 Å². The molecule has 2 N–H and O–H groups in total. The maximum atomic E-state index is 12.1. The minimum atomic E-state index is -0.441. The Hall–Kier alpha value is -2.32. The fourth-order valence-corrected chi connectivity index (χ4v) is 4.53. The van der Waals surface area contributed by atoms with E-state index >= 15 is 0 Å². The van der Waals surface area contributed by atoms with Gasteiger partial charge in [0, 0.05) is 18.8 Å². The van der Waals surface area contributed by atoms with E-state index < -0.39 is 5.43 Å². The number of thiazole rings is 1. The number of thioether (sulfide) groups is 1. The molecule has 2 heterocycles. The van der Waals surface area contributed by atoms with Crippen LogP contribution in [0.3, 0.4) is 0 Å². The lowest BCUT2D eigenvalue weighted by molar-refractivity contribution is -0.118. The lowest BCUT2D eigenvalue weighted by atomic mass is 10.2. The molecule has 3 rings (SSSR count). The molecule has 136 valence electrons. The van der Waals surface area contributed by atoms with Crippen LogP contribution in [0.25, 0.3) is 10.2 Å². The Bertz CT molecular complexity index is 1040. The number of amides is 1. The summed E-state index contributed by atoms with van der Waals surface area (Å²) in [7, 11) is 1.74. The van der Waals surface area contributed by atoms with Crippen LogP contribution in [-0.4, -0.2) is 26.3 Å². The SMILES string of the molecule is Cc1cccc2sc(SCC(=O)NCc3c(O)c(=O)cc(C)n3C)nc12. The third-order valence-electron chi connectivity index (χ3n) is 4.16. The Morgan fingerprint density at radius 2 is 2.15 bits per heavy atom. The molecule has 8 heteroatoms. The topological polar surface area (TPSA) is 84.2 Å². The van der Waals surface area contributed by atoms with Gasteiger partial charge in [0.15, 0.2) is 10.1 Å². The molecule has 3 aromatic rings. The molecule has 0 spiro atoms. The number of fused-ring (bicyclic) bond motifs is 1. The molecule has 0 radical (unpaired) electrons. The van der Waals surface area contributed by atoms with Crippen LogP contribution in [0.5, 0.6) is 5.75 Å². The van der Waals surface area contributed by atoms with Gasteiger partial charge < -0.3 is 15.0 Å². The Labute approximate surface area is 158 Å². The Balaban J connectivity index is 1.63. The molecule has 0 unspecified atom stereocenters. The van der Waals surface area contributed by atoms with Crippen LogP contribution in [-0.2, 0) is 18.4 Å². The molecular weight excluding hydrogens is 370 g/mol. The summed E-state index contributed by atoms with van der Waals surface area (Å²) in [6.07, 6.45) is 0. The lowest BCUT2D eigenvalue weighted by Crippen LogP contribution is -2.27. The standard InChI is InChI=1S/C18H19N3O3S2/c1-10-5-4-6-14-16(10)20-18(26-14)25-9-15(23)19-8-12-17(24)13(22)7-11(2)21(12)3/h4-7,24H,8-9H2,1-3H3,(H,19,23). The van der Waals surface area contributed by atoms with Gasteiger partial charge in [-0.15, -0.1) is 11.3 Å². The molecule has 26 heavy (non-hydrogen) atoms. The van der Waals surface area contributed by atoms with E-state index in [1.807, 2.05) is 25.1 Å². The summed E-state index contributed by atoms with van der Waals surface area (Å²) in [5, 5.41) is 12.7. The molecule has 0 aliphatic rings. The van der Waals surface area contributed by atoms with Gasteiger partial charge in [0.1, 0.15) is 0 Å². The number of carbonyl (C=O) groups is 1. The van der Waals surface area contributed by atoms with Crippen molar-refractivity contribution < 1.29 is 9.90 Å². The van der Waals surface area contributed by atoms with Gasteiger partial charge in [0.25, 0.3) is 0 Å². The fraction of sp³-hybridized carbons (Fsp3) is 0.278.